The van der Waals surface area contributed by atoms with E-state index in [1.54, 1.807) is 0 Å². The predicted molar refractivity (Wildman–Crippen MR) is 317 cm³/mol. The maximum Gasteiger partial charge on any atom is 0.500 e. The summed E-state index contributed by atoms with van der Waals surface area (Å²) in [6.45, 7) is 24.2. The van der Waals surface area contributed by atoms with Crippen molar-refractivity contribution in [3.05, 3.63) is 0 Å². The Hall–Kier alpha value is 3.48. The molecule has 3 unspecified atom stereocenters. The van der Waals surface area contributed by atoms with Crippen LogP contribution in [0.2, 0.25) is 24.7 Å². The van der Waals surface area contributed by atoms with Gasteiger partial charge in [-0.15, -0.1) is 0 Å². The molecule has 20 heteroatoms. The van der Waals surface area contributed by atoms with Crippen molar-refractivity contribution < 1.29 is 35.4 Å². The fourth-order valence-corrected chi connectivity index (χ4v) is 30.3. The highest BCUT2D eigenvalue weighted by atomic mass is 33.7. The monoisotopic (exact) mass is 1150 g/mol. The lowest BCUT2D eigenvalue weighted by Crippen LogP contribution is -2.45. The molecule has 0 amide bonds. The summed E-state index contributed by atoms with van der Waals surface area (Å²) in [6.07, 6.45) is 22.1. The minimum absolute atomic E-state index is 0.664. The summed E-state index contributed by atoms with van der Waals surface area (Å²) in [6, 6.07) is 3.00. The second-order valence-corrected chi connectivity index (χ2v) is 39.3. The van der Waals surface area contributed by atoms with E-state index in [0.717, 1.165) is 61.9 Å². The molecule has 0 aromatic rings. The van der Waals surface area contributed by atoms with Crippen LogP contribution in [0.1, 0.15) is 165 Å². The third-order valence-corrected chi connectivity index (χ3v) is 35.5. The smallest absolute Gasteiger partial charge is 0.395 e. The van der Waals surface area contributed by atoms with Gasteiger partial charge in [-0.1, -0.05) is 88.1 Å². The van der Waals surface area contributed by atoms with Crippen molar-refractivity contribution in [3.63, 3.8) is 0 Å². The number of hydrogen-bond donors (Lipinski definition) is 0. The minimum Gasteiger partial charge on any atom is -0.395 e. The summed E-state index contributed by atoms with van der Waals surface area (Å²) in [4.78, 5) is 0. The number of unbranched alkanes of at least 4 members (excludes halogenated alkanes) is 9. The first-order valence-electron chi connectivity index (χ1n) is 26.1. The molecule has 1 saturated carbocycles. The van der Waals surface area contributed by atoms with Crippen LogP contribution in [0.3, 0.4) is 0 Å². The van der Waals surface area contributed by atoms with E-state index in [9.17, 15) is 0 Å². The van der Waals surface area contributed by atoms with E-state index in [-0.39, 0.29) is 0 Å². The Labute approximate surface area is 446 Å². The zero-order chi connectivity index (χ0) is 48.3. The van der Waals surface area contributed by atoms with E-state index >= 15 is 0 Å². The van der Waals surface area contributed by atoms with Crippen LogP contribution >= 0.6 is 94.2 Å². The second-order valence-electron chi connectivity index (χ2n) is 16.9. The largest absolute Gasteiger partial charge is 0.500 e. The number of rotatable bonds is 51. The molecule has 0 bridgehead atoms. The Bertz CT molecular complexity index is 1020. The van der Waals surface area contributed by atoms with Gasteiger partial charge in [0, 0.05) is 88.0 Å². The van der Waals surface area contributed by atoms with Gasteiger partial charge in [0.2, 0.25) is 0 Å². The van der Waals surface area contributed by atoms with Gasteiger partial charge in [-0.25, -0.2) is 0 Å². The molecular weight excluding hydrogens is 1050 g/mol. The molecule has 0 spiro atoms. The van der Waals surface area contributed by atoms with E-state index < -0.39 is 26.2 Å². The van der Waals surface area contributed by atoms with E-state index in [0.29, 0.717) is 39.6 Å². The Morgan fingerprint density at radius 1 is 0.379 bits per heavy atom. The molecule has 0 aliphatic heterocycles. The fraction of sp³-hybridized carbons (Fsp3) is 1.00. The van der Waals surface area contributed by atoms with Crippen molar-refractivity contribution in [2.24, 2.45) is 17.8 Å². The maximum atomic E-state index is 6.08. The highest BCUT2D eigenvalue weighted by Crippen LogP contribution is 2.47. The Morgan fingerprint density at radius 3 is 1.18 bits per heavy atom. The molecule has 396 valence electrons. The van der Waals surface area contributed by atoms with Gasteiger partial charge >= 0.3 is 26.2 Å². The van der Waals surface area contributed by atoms with Crippen molar-refractivity contribution in [3.8, 4) is 0 Å². The van der Waals surface area contributed by atoms with Gasteiger partial charge in [-0.2, -0.15) is 11.8 Å². The molecule has 1 rings (SSSR count). The second kappa shape index (κ2) is 47.0. The first kappa shape index (κ1) is 67.5. The molecule has 1 aliphatic carbocycles. The molecule has 0 radical (unpaired) electrons. The minimum atomic E-state index is -2.48. The van der Waals surface area contributed by atoms with Crippen LogP contribution in [0.4, 0.5) is 0 Å². The van der Waals surface area contributed by atoms with Crippen LogP contribution in [-0.2, 0) is 35.4 Å². The van der Waals surface area contributed by atoms with Crippen molar-refractivity contribution in [1.29, 1.82) is 0 Å². The molecule has 0 aromatic heterocycles. The standard InChI is InChI=1S/C46H98O8S9Si3/c1-10-47-64(9,48-11-2)39-29-26-34-55-43-44-30-31-45(32-37-58-62-60-56-35-24-20-18-22-27-40-65(49-12-3,50-13-4)51-14-5)46(42-44)33-38-59-63-61-57-36-25-21-19-23-28-41-66(52-15-6,53-16-7)54-17-8/h44-46H,10-43H2,1-9H3. The molecular formula is C46H98O8S9Si3. The van der Waals surface area contributed by atoms with E-state index in [2.05, 4.69) is 64.5 Å². The maximum absolute atomic E-state index is 6.08. The summed E-state index contributed by atoms with van der Waals surface area (Å²) in [7, 11) is 9.39. The molecule has 0 N–H and O–H groups in total. The van der Waals surface area contributed by atoms with Crippen LogP contribution in [0.15, 0.2) is 0 Å². The molecule has 0 aromatic carbocycles. The zero-order valence-electron chi connectivity index (χ0n) is 43.2. The van der Waals surface area contributed by atoms with Crippen molar-refractivity contribution >= 4 is 120 Å². The zero-order valence-corrected chi connectivity index (χ0v) is 53.6. The van der Waals surface area contributed by atoms with Gasteiger partial charge in [0.15, 0.2) is 0 Å². The molecule has 1 aliphatic rings. The molecule has 1 fully saturated rings. The van der Waals surface area contributed by atoms with Crippen molar-refractivity contribution in [2.75, 3.05) is 87.4 Å². The van der Waals surface area contributed by atoms with Crippen molar-refractivity contribution in [2.45, 2.75) is 189 Å². The lowest BCUT2D eigenvalue weighted by atomic mass is 9.72. The summed E-state index contributed by atoms with van der Waals surface area (Å²) in [5.41, 5.74) is 0. The first-order chi connectivity index (χ1) is 32.2. The van der Waals surface area contributed by atoms with E-state index in [1.165, 1.54) is 131 Å². The Kier molecular flexibility index (Phi) is 48.0. The third kappa shape index (κ3) is 34.9. The third-order valence-electron chi connectivity index (χ3n) is 11.7. The summed E-state index contributed by atoms with van der Waals surface area (Å²) in [5, 5.41) is 0. The highest BCUT2D eigenvalue weighted by Gasteiger charge is 2.40. The van der Waals surface area contributed by atoms with Crippen LogP contribution < -0.4 is 0 Å². The quantitative estimate of drug-likeness (QED) is 0.0329. The van der Waals surface area contributed by atoms with Gasteiger partial charge in [-0.3, -0.25) is 0 Å². The van der Waals surface area contributed by atoms with Gasteiger partial charge in [-0.05, 0) is 201 Å². The van der Waals surface area contributed by atoms with Crippen LogP contribution in [0, 0.1) is 17.8 Å². The number of thioether (sulfide) groups is 1. The van der Waals surface area contributed by atoms with Crippen LogP contribution in [0.25, 0.3) is 0 Å². The van der Waals surface area contributed by atoms with Gasteiger partial charge < -0.3 is 35.4 Å². The summed E-state index contributed by atoms with van der Waals surface area (Å²) in [5.74, 6) is 10.3. The number of hydrogen-bond acceptors (Lipinski definition) is 17. The molecule has 66 heavy (non-hydrogen) atoms. The molecule has 0 heterocycles. The first-order valence-corrected chi connectivity index (χ1v) is 43.9. The Balaban J connectivity index is 2.37. The topological polar surface area (TPSA) is 73.8 Å². The van der Waals surface area contributed by atoms with E-state index in [1.807, 2.05) is 91.6 Å². The van der Waals surface area contributed by atoms with Crippen LogP contribution in [0.5, 0.6) is 0 Å². The molecule has 3 atom stereocenters. The van der Waals surface area contributed by atoms with Gasteiger partial charge in [0.1, 0.15) is 0 Å². The van der Waals surface area contributed by atoms with Crippen molar-refractivity contribution in [1.82, 2.24) is 0 Å². The van der Waals surface area contributed by atoms with Gasteiger partial charge in [0.25, 0.3) is 0 Å². The SMILES string of the molecule is CCO[Si](C)(CCCCSCC1CCC(CCSSSSCCCCCCC[Si](OCC)(OCC)OCC)C(CCSSSSCCCCCCC[Si](OCC)(OCC)OCC)C1)OCC. The van der Waals surface area contributed by atoms with Crippen LogP contribution in [-0.4, -0.2) is 114 Å². The molecule has 8 nitrogen and oxygen atoms in total. The fourth-order valence-electron chi connectivity index (χ4n) is 8.69. The summed E-state index contributed by atoms with van der Waals surface area (Å²) >= 11 is 2.22. The lowest BCUT2D eigenvalue weighted by Gasteiger charge is -2.36. The average Bonchev–Trinajstić information content (AvgIpc) is 3.29. The summed E-state index contributed by atoms with van der Waals surface area (Å²) < 4.78 is 48.3. The lowest BCUT2D eigenvalue weighted by molar-refractivity contribution is 0.0698. The highest BCUT2D eigenvalue weighted by molar-refractivity contribution is 9.26. The van der Waals surface area contributed by atoms with Gasteiger partial charge in [0.05, 0.1) is 0 Å². The average molecular weight is 1150 g/mol. The Morgan fingerprint density at radius 2 is 0.742 bits per heavy atom. The van der Waals surface area contributed by atoms with E-state index in [4.69, 9.17) is 35.4 Å². The normalized spacial score (nSPS) is 17.3. The predicted octanol–water partition coefficient (Wildman–Crippen LogP) is 17.8. The molecule has 0 saturated heterocycles.